The SMILES string of the molecule is FC(F)(F)[C@H]1C[C@@H](S)c2cc(Cl)ccc2O1. The third kappa shape index (κ3) is 2.25. The van der Waals surface area contributed by atoms with E-state index in [1.165, 1.54) is 12.1 Å². The summed E-state index contributed by atoms with van der Waals surface area (Å²) in [5.74, 6) is 0.206. The van der Waals surface area contributed by atoms with E-state index < -0.39 is 17.5 Å². The number of hydrogen-bond donors (Lipinski definition) is 1. The van der Waals surface area contributed by atoms with Crippen LogP contribution >= 0.6 is 24.2 Å². The van der Waals surface area contributed by atoms with E-state index in [1.54, 1.807) is 6.07 Å². The molecule has 0 N–H and O–H groups in total. The number of halogens is 4. The number of rotatable bonds is 0. The fraction of sp³-hybridized carbons (Fsp3) is 0.400. The number of benzene rings is 1. The second kappa shape index (κ2) is 4.04. The molecule has 88 valence electrons. The lowest BCUT2D eigenvalue weighted by Gasteiger charge is -2.31. The molecule has 1 aromatic carbocycles. The van der Waals surface area contributed by atoms with E-state index in [0.29, 0.717) is 10.6 Å². The summed E-state index contributed by atoms with van der Waals surface area (Å²) in [6.45, 7) is 0. The number of hydrogen-bond acceptors (Lipinski definition) is 2. The van der Waals surface area contributed by atoms with Crippen LogP contribution in [0, 0.1) is 0 Å². The van der Waals surface area contributed by atoms with Gasteiger partial charge < -0.3 is 4.74 Å². The van der Waals surface area contributed by atoms with Crippen LogP contribution in [0.1, 0.15) is 17.2 Å². The van der Waals surface area contributed by atoms with E-state index in [1.807, 2.05) is 0 Å². The zero-order valence-corrected chi connectivity index (χ0v) is 9.61. The lowest BCUT2D eigenvalue weighted by Crippen LogP contribution is -2.37. The van der Waals surface area contributed by atoms with Crippen molar-refractivity contribution in [2.24, 2.45) is 0 Å². The summed E-state index contributed by atoms with van der Waals surface area (Å²) >= 11 is 9.90. The van der Waals surface area contributed by atoms with Crippen LogP contribution in [-0.2, 0) is 0 Å². The maximum absolute atomic E-state index is 12.5. The normalized spacial score (nSPS) is 24.8. The van der Waals surface area contributed by atoms with E-state index in [2.05, 4.69) is 12.6 Å². The molecule has 6 heteroatoms. The topological polar surface area (TPSA) is 9.23 Å². The first-order valence-corrected chi connectivity index (χ1v) is 5.48. The third-order valence-electron chi connectivity index (χ3n) is 2.40. The quantitative estimate of drug-likeness (QED) is 0.699. The first kappa shape index (κ1) is 11.9. The van der Waals surface area contributed by atoms with Crippen molar-refractivity contribution in [3.8, 4) is 5.75 Å². The van der Waals surface area contributed by atoms with Gasteiger partial charge in [0.15, 0.2) is 6.10 Å². The molecule has 1 nitrogen and oxygen atoms in total. The summed E-state index contributed by atoms with van der Waals surface area (Å²) in [5.41, 5.74) is 0.608. The Kier molecular flexibility index (Phi) is 3.01. The number of alkyl halides is 3. The van der Waals surface area contributed by atoms with Crippen molar-refractivity contribution in [2.75, 3.05) is 0 Å². The van der Waals surface area contributed by atoms with Gasteiger partial charge in [-0.25, -0.2) is 0 Å². The van der Waals surface area contributed by atoms with E-state index in [-0.39, 0.29) is 12.2 Å². The van der Waals surface area contributed by atoms with Crippen LogP contribution in [0.25, 0.3) is 0 Å². The Morgan fingerprint density at radius 1 is 1.38 bits per heavy atom. The maximum Gasteiger partial charge on any atom is 0.425 e. The molecule has 0 spiro atoms. The van der Waals surface area contributed by atoms with Gasteiger partial charge in [-0.3, -0.25) is 0 Å². The van der Waals surface area contributed by atoms with Crippen LogP contribution in [0.5, 0.6) is 5.75 Å². The van der Waals surface area contributed by atoms with Gasteiger partial charge in [0.1, 0.15) is 5.75 Å². The van der Waals surface area contributed by atoms with Gasteiger partial charge in [0.2, 0.25) is 0 Å². The summed E-state index contributed by atoms with van der Waals surface area (Å²) in [6, 6.07) is 4.53. The van der Waals surface area contributed by atoms with Gasteiger partial charge in [-0.2, -0.15) is 25.8 Å². The summed E-state index contributed by atoms with van der Waals surface area (Å²) in [4.78, 5) is 0. The fourth-order valence-electron chi connectivity index (χ4n) is 1.62. The summed E-state index contributed by atoms with van der Waals surface area (Å²) < 4.78 is 42.4. The summed E-state index contributed by atoms with van der Waals surface area (Å²) in [5, 5.41) is -0.0408. The minimum atomic E-state index is -4.36. The first-order chi connectivity index (χ1) is 7.38. The maximum atomic E-state index is 12.5. The minimum Gasteiger partial charge on any atom is -0.481 e. The van der Waals surface area contributed by atoms with Crippen LogP contribution in [0.15, 0.2) is 18.2 Å². The van der Waals surface area contributed by atoms with Crippen molar-refractivity contribution in [3.63, 3.8) is 0 Å². The second-order valence-corrected chi connectivity index (χ2v) is 4.64. The fourth-order valence-corrected chi connectivity index (χ4v) is 2.19. The van der Waals surface area contributed by atoms with E-state index in [0.717, 1.165) is 0 Å². The van der Waals surface area contributed by atoms with Gasteiger partial charge >= 0.3 is 6.18 Å². The Hall–Kier alpha value is -0.550. The monoisotopic (exact) mass is 268 g/mol. The molecule has 0 amide bonds. The second-order valence-electron chi connectivity index (χ2n) is 3.58. The van der Waals surface area contributed by atoms with Crippen molar-refractivity contribution in [1.29, 1.82) is 0 Å². The predicted octanol–water partition coefficient (Wildman–Crippen LogP) is 4.02. The molecule has 0 saturated carbocycles. The number of fused-ring (bicyclic) bond motifs is 1. The number of ether oxygens (including phenoxy) is 1. The highest BCUT2D eigenvalue weighted by Crippen LogP contribution is 2.43. The van der Waals surface area contributed by atoms with Crippen LogP contribution in [0.2, 0.25) is 5.02 Å². The van der Waals surface area contributed by atoms with Crippen LogP contribution in [-0.4, -0.2) is 12.3 Å². The molecule has 2 rings (SSSR count). The molecule has 1 heterocycles. The van der Waals surface area contributed by atoms with E-state index >= 15 is 0 Å². The largest absolute Gasteiger partial charge is 0.481 e. The van der Waals surface area contributed by atoms with Gasteiger partial charge in [-0.05, 0) is 18.2 Å². The average molecular weight is 269 g/mol. The van der Waals surface area contributed by atoms with Crippen LogP contribution < -0.4 is 4.74 Å². The Morgan fingerprint density at radius 2 is 2.06 bits per heavy atom. The first-order valence-electron chi connectivity index (χ1n) is 4.59. The highest BCUT2D eigenvalue weighted by molar-refractivity contribution is 7.80. The lowest BCUT2D eigenvalue weighted by atomic mass is 10.0. The molecule has 16 heavy (non-hydrogen) atoms. The molecule has 0 bridgehead atoms. The molecular weight excluding hydrogens is 261 g/mol. The molecule has 2 atom stereocenters. The smallest absolute Gasteiger partial charge is 0.425 e. The minimum absolute atomic E-state index is 0.194. The molecule has 0 radical (unpaired) electrons. The van der Waals surface area contributed by atoms with Crippen molar-refractivity contribution in [2.45, 2.75) is 24.0 Å². The Morgan fingerprint density at radius 3 is 2.69 bits per heavy atom. The van der Waals surface area contributed by atoms with Crippen molar-refractivity contribution >= 4 is 24.2 Å². The number of thiol groups is 1. The van der Waals surface area contributed by atoms with Gasteiger partial charge in [0.05, 0.1) is 0 Å². The Labute approximate surface area is 101 Å². The van der Waals surface area contributed by atoms with Gasteiger partial charge in [-0.1, -0.05) is 11.6 Å². The molecule has 1 aliphatic heterocycles. The third-order valence-corrected chi connectivity index (χ3v) is 3.13. The molecule has 0 aromatic heterocycles. The van der Waals surface area contributed by atoms with Gasteiger partial charge in [0, 0.05) is 22.3 Å². The van der Waals surface area contributed by atoms with Gasteiger partial charge in [-0.15, -0.1) is 0 Å². The van der Waals surface area contributed by atoms with Crippen molar-refractivity contribution < 1.29 is 17.9 Å². The summed E-state index contributed by atoms with van der Waals surface area (Å²) in [7, 11) is 0. The summed E-state index contributed by atoms with van der Waals surface area (Å²) in [6.07, 6.45) is -6.35. The van der Waals surface area contributed by atoms with E-state index in [9.17, 15) is 13.2 Å². The zero-order chi connectivity index (χ0) is 11.9. The van der Waals surface area contributed by atoms with Crippen LogP contribution in [0.4, 0.5) is 13.2 Å². The van der Waals surface area contributed by atoms with Gasteiger partial charge in [0.25, 0.3) is 0 Å². The standard InChI is InChI=1S/C10H8ClF3OS/c11-5-1-2-7-6(3-5)8(16)4-9(15-7)10(12,13)14/h1-3,8-9,16H,4H2/t8-,9-/m1/s1. The Bertz CT molecular complexity index is 408. The molecule has 1 aromatic rings. The molecular formula is C10H8ClF3OS. The molecule has 1 aliphatic rings. The Balaban J connectivity index is 2.34. The molecule has 0 unspecified atom stereocenters. The highest BCUT2D eigenvalue weighted by atomic mass is 35.5. The van der Waals surface area contributed by atoms with Crippen LogP contribution in [0.3, 0.4) is 0 Å². The predicted molar refractivity (Wildman–Crippen MR) is 58.3 cm³/mol. The molecule has 0 saturated heterocycles. The molecule has 0 aliphatic carbocycles. The molecule has 0 fully saturated rings. The van der Waals surface area contributed by atoms with E-state index in [4.69, 9.17) is 16.3 Å². The van der Waals surface area contributed by atoms with Crippen molar-refractivity contribution in [1.82, 2.24) is 0 Å². The zero-order valence-electron chi connectivity index (χ0n) is 7.96. The van der Waals surface area contributed by atoms with Crippen molar-refractivity contribution in [3.05, 3.63) is 28.8 Å². The highest BCUT2D eigenvalue weighted by Gasteiger charge is 2.45. The average Bonchev–Trinajstić information content (AvgIpc) is 2.17. The lowest BCUT2D eigenvalue weighted by molar-refractivity contribution is -0.199.